The molecule has 0 aliphatic carbocycles. The van der Waals surface area contributed by atoms with Crippen LogP contribution in [-0.4, -0.2) is 38.8 Å². The maximum atomic E-state index is 12.9. The quantitative estimate of drug-likeness (QED) is 0.593. The molecule has 2 aromatic heterocycles. The molecule has 0 saturated heterocycles. The third-order valence-electron chi connectivity index (χ3n) is 5.47. The van der Waals surface area contributed by atoms with Crippen molar-refractivity contribution in [1.82, 2.24) is 19.9 Å². The van der Waals surface area contributed by atoms with Gasteiger partial charge in [-0.2, -0.15) is 0 Å². The average molecular weight is 450 g/mol. The average Bonchev–Trinajstić information content (AvgIpc) is 2.81. The molecule has 1 aliphatic heterocycles. The summed E-state index contributed by atoms with van der Waals surface area (Å²) in [5.41, 5.74) is 0.788. The molecule has 1 aliphatic rings. The fourth-order valence-corrected chi connectivity index (χ4v) is 3.81. The highest BCUT2D eigenvalue weighted by atomic mass is 16.5. The van der Waals surface area contributed by atoms with Crippen molar-refractivity contribution in [2.24, 2.45) is 0 Å². The van der Waals surface area contributed by atoms with Crippen LogP contribution < -0.4 is 15.6 Å². The molecule has 1 aromatic carbocycles. The van der Waals surface area contributed by atoms with Gasteiger partial charge >= 0.3 is 0 Å². The van der Waals surface area contributed by atoms with E-state index in [0.29, 0.717) is 24.9 Å². The zero-order valence-corrected chi connectivity index (χ0v) is 18.8. The molecule has 172 valence electrons. The third kappa shape index (κ3) is 4.45. The minimum absolute atomic E-state index is 0.168. The Bertz CT molecular complexity index is 1230. The number of carbonyl (C=O) groups is 1. The second-order valence-corrected chi connectivity index (χ2v) is 8.11. The first-order chi connectivity index (χ1) is 15.8. The van der Waals surface area contributed by atoms with Crippen LogP contribution in [0.4, 0.5) is 0 Å². The SMILES string of the molecule is CCOc1ccc(-c2ccccc2CNC(=O)c2nc3n(c(=O)c2O)CCOC3(C)C)cn1. The molecule has 0 radical (unpaired) electrons. The van der Waals surface area contributed by atoms with Crippen LogP contribution in [0.2, 0.25) is 0 Å². The second kappa shape index (κ2) is 9.03. The molecule has 9 heteroatoms. The fourth-order valence-electron chi connectivity index (χ4n) is 3.81. The summed E-state index contributed by atoms with van der Waals surface area (Å²) < 4.78 is 12.4. The molecule has 3 aromatic rings. The Morgan fingerprint density at radius 2 is 2.06 bits per heavy atom. The van der Waals surface area contributed by atoms with E-state index in [2.05, 4.69) is 15.3 Å². The Morgan fingerprint density at radius 3 is 2.79 bits per heavy atom. The van der Waals surface area contributed by atoms with Gasteiger partial charge in [0.2, 0.25) is 11.6 Å². The Morgan fingerprint density at radius 1 is 1.27 bits per heavy atom. The topological polar surface area (TPSA) is 116 Å². The van der Waals surface area contributed by atoms with E-state index in [1.54, 1.807) is 26.1 Å². The van der Waals surface area contributed by atoms with Crippen molar-refractivity contribution in [2.45, 2.75) is 39.5 Å². The summed E-state index contributed by atoms with van der Waals surface area (Å²) in [7, 11) is 0. The van der Waals surface area contributed by atoms with Crippen molar-refractivity contribution < 1.29 is 19.4 Å². The number of nitrogens with zero attached hydrogens (tertiary/aromatic N) is 3. The number of ether oxygens (including phenoxy) is 2. The summed E-state index contributed by atoms with van der Waals surface area (Å²) in [5.74, 6) is -0.464. The van der Waals surface area contributed by atoms with E-state index in [1.165, 1.54) is 4.57 Å². The molecule has 4 rings (SSSR count). The zero-order chi connectivity index (χ0) is 23.6. The van der Waals surface area contributed by atoms with Crippen molar-refractivity contribution in [3.63, 3.8) is 0 Å². The van der Waals surface area contributed by atoms with Gasteiger partial charge < -0.3 is 19.9 Å². The first-order valence-electron chi connectivity index (χ1n) is 10.8. The van der Waals surface area contributed by atoms with E-state index >= 15 is 0 Å². The molecular weight excluding hydrogens is 424 g/mol. The maximum Gasteiger partial charge on any atom is 0.296 e. The van der Waals surface area contributed by atoms with Crippen molar-refractivity contribution in [3.05, 3.63) is 70.0 Å². The summed E-state index contributed by atoms with van der Waals surface area (Å²) in [6.07, 6.45) is 1.71. The summed E-state index contributed by atoms with van der Waals surface area (Å²) in [6.45, 7) is 6.72. The zero-order valence-electron chi connectivity index (χ0n) is 18.8. The lowest BCUT2D eigenvalue weighted by Crippen LogP contribution is -2.42. The van der Waals surface area contributed by atoms with Gasteiger partial charge in [-0.3, -0.25) is 14.2 Å². The second-order valence-electron chi connectivity index (χ2n) is 8.11. The van der Waals surface area contributed by atoms with E-state index in [1.807, 2.05) is 37.3 Å². The molecule has 0 unspecified atom stereocenters. The van der Waals surface area contributed by atoms with Crippen molar-refractivity contribution in [3.8, 4) is 22.8 Å². The number of nitrogens with one attached hydrogen (secondary N) is 1. The molecule has 0 atom stereocenters. The lowest BCUT2D eigenvalue weighted by Gasteiger charge is -2.32. The Labute approximate surface area is 191 Å². The van der Waals surface area contributed by atoms with Crippen LogP contribution in [-0.2, 0) is 23.4 Å². The summed E-state index contributed by atoms with van der Waals surface area (Å²) in [6, 6.07) is 11.3. The molecule has 0 fully saturated rings. The number of aromatic hydroxyl groups is 1. The van der Waals surface area contributed by atoms with Gasteiger partial charge in [-0.1, -0.05) is 24.3 Å². The van der Waals surface area contributed by atoms with Crippen molar-refractivity contribution in [2.75, 3.05) is 13.2 Å². The van der Waals surface area contributed by atoms with Gasteiger partial charge in [0.25, 0.3) is 11.5 Å². The normalized spacial score (nSPS) is 14.4. The molecule has 0 bridgehead atoms. The van der Waals surface area contributed by atoms with E-state index in [-0.39, 0.29) is 18.8 Å². The van der Waals surface area contributed by atoms with E-state index in [4.69, 9.17) is 9.47 Å². The largest absolute Gasteiger partial charge is 0.501 e. The van der Waals surface area contributed by atoms with Crippen LogP contribution in [0.1, 0.15) is 42.6 Å². The fraction of sp³-hybridized carbons (Fsp3) is 0.333. The number of amides is 1. The summed E-state index contributed by atoms with van der Waals surface area (Å²) in [4.78, 5) is 34.1. The van der Waals surface area contributed by atoms with Crippen LogP contribution in [0.15, 0.2) is 47.4 Å². The molecule has 0 spiro atoms. The molecule has 33 heavy (non-hydrogen) atoms. The first kappa shape index (κ1) is 22.5. The van der Waals surface area contributed by atoms with Gasteiger partial charge in [-0.15, -0.1) is 0 Å². The van der Waals surface area contributed by atoms with Crippen LogP contribution in [0.5, 0.6) is 11.6 Å². The van der Waals surface area contributed by atoms with E-state index in [9.17, 15) is 14.7 Å². The predicted molar refractivity (Wildman–Crippen MR) is 121 cm³/mol. The standard InChI is InChI=1S/C24H26N4O5/c1-4-32-18-10-9-16(13-25-18)17-8-6-5-7-15(17)14-26-21(30)19-20(29)22(31)28-11-12-33-24(2,3)23(28)27-19/h5-10,13,29H,4,11-12,14H2,1-3H3,(H,26,30). The van der Waals surface area contributed by atoms with Gasteiger partial charge in [0, 0.05) is 24.4 Å². The van der Waals surface area contributed by atoms with Crippen LogP contribution in [0.25, 0.3) is 11.1 Å². The Balaban J connectivity index is 1.58. The Kier molecular flexibility index (Phi) is 6.15. The van der Waals surface area contributed by atoms with Gasteiger partial charge in [-0.05, 0) is 38.0 Å². The molecule has 1 amide bonds. The number of aromatic nitrogens is 3. The van der Waals surface area contributed by atoms with Gasteiger partial charge in [0.05, 0.1) is 19.8 Å². The number of pyridine rings is 1. The number of carbonyl (C=O) groups excluding carboxylic acids is 1. The highest BCUT2D eigenvalue weighted by Crippen LogP contribution is 2.28. The van der Waals surface area contributed by atoms with E-state index in [0.717, 1.165) is 16.7 Å². The third-order valence-corrected chi connectivity index (χ3v) is 5.47. The number of rotatable bonds is 6. The molecular formula is C24H26N4O5. The molecule has 9 nitrogen and oxygen atoms in total. The Hall–Kier alpha value is -3.72. The molecule has 0 saturated carbocycles. The van der Waals surface area contributed by atoms with Crippen molar-refractivity contribution >= 4 is 5.91 Å². The summed E-state index contributed by atoms with van der Waals surface area (Å²) >= 11 is 0. The predicted octanol–water partition coefficient (Wildman–Crippen LogP) is 2.60. The van der Waals surface area contributed by atoms with Gasteiger partial charge in [0.1, 0.15) is 11.4 Å². The first-order valence-corrected chi connectivity index (χ1v) is 10.8. The van der Waals surface area contributed by atoms with Gasteiger partial charge in [-0.25, -0.2) is 9.97 Å². The molecule has 3 heterocycles. The number of benzene rings is 1. The minimum Gasteiger partial charge on any atom is -0.501 e. The van der Waals surface area contributed by atoms with Crippen LogP contribution >= 0.6 is 0 Å². The van der Waals surface area contributed by atoms with Crippen LogP contribution in [0, 0.1) is 0 Å². The minimum atomic E-state index is -0.854. The maximum absolute atomic E-state index is 12.9. The number of hydrogen-bond acceptors (Lipinski definition) is 7. The number of hydrogen-bond donors (Lipinski definition) is 2. The highest BCUT2D eigenvalue weighted by Gasteiger charge is 2.34. The lowest BCUT2D eigenvalue weighted by molar-refractivity contribution is -0.0566. The van der Waals surface area contributed by atoms with Gasteiger partial charge in [0.15, 0.2) is 5.69 Å². The summed E-state index contributed by atoms with van der Waals surface area (Å²) in [5, 5.41) is 13.1. The van der Waals surface area contributed by atoms with E-state index < -0.39 is 22.8 Å². The smallest absolute Gasteiger partial charge is 0.296 e. The van der Waals surface area contributed by atoms with Crippen LogP contribution in [0.3, 0.4) is 0 Å². The molecule has 2 N–H and O–H groups in total. The highest BCUT2D eigenvalue weighted by molar-refractivity contribution is 5.94. The number of fused-ring (bicyclic) bond motifs is 1. The lowest BCUT2D eigenvalue weighted by atomic mass is 10.0. The monoisotopic (exact) mass is 450 g/mol. The van der Waals surface area contributed by atoms with Crippen molar-refractivity contribution in [1.29, 1.82) is 0 Å².